The SMILES string of the molecule is CC(C)(C)NC(=O)COC(=O)c1ccccc1CSc1nc2ccccc2o1. The van der Waals surface area contributed by atoms with Gasteiger partial charge in [0.2, 0.25) is 0 Å². The maximum Gasteiger partial charge on any atom is 0.338 e. The van der Waals surface area contributed by atoms with Crippen LogP contribution in [0.5, 0.6) is 0 Å². The number of hydrogen-bond donors (Lipinski definition) is 1. The first-order valence-corrected chi connectivity index (χ1v) is 9.85. The second-order valence-corrected chi connectivity index (χ2v) is 8.19. The van der Waals surface area contributed by atoms with Crippen molar-refractivity contribution in [1.29, 1.82) is 0 Å². The van der Waals surface area contributed by atoms with Crippen LogP contribution in [0, 0.1) is 0 Å². The number of hydrogen-bond acceptors (Lipinski definition) is 6. The van der Waals surface area contributed by atoms with Crippen molar-refractivity contribution in [2.24, 2.45) is 0 Å². The van der Waals surface area contributed by atoms with Gasteiger partial charge in [0, 0.05) is 11.3 Å². The summed E-state index contributed by atoms with van der Waals surface area (Å²) in [5, 5.41) is 3.30. The zero-order chi connectivity index (χ0) is 20.1. The highest BCUT2D eigenvalue weighted by Crippen LogP contribution is 2.27. The Bertz CT molecular complexity index is 958. The number of carbonyl (C=O) groups is 2. The summed E-state index contributed by atoms with van der Waals surface area (Å²) < 4.78 is 10.9. The number of rotatable bonds is 6. The number of benzene rings is 2. The fraction of sp³-hybridized carbons (Fsp3) is 0.286. The van der Waals surface area contributed by atoms with Gasteiger partial charge >= 0.3 is 5.97 Å². The molecule has 0 saturated carbocycles. The van der Waals surface area contributed by atoms with E-state index in [1.807, 2.05) is 57.2 Å². The molecule has 3 aromatic rings. The average Bonchev–Trinajstić information content (AvgIpc) is 3.06. The summed E-state index contributed by atoms with van der Waals surface area (Å²) in [4.78, 5) is 28.7. The second-order valence-electron chi connectivity index (χ2n) is 7.27. The molecule has 0 radical (unpaired) electrons. The molecule has 1 aromatic heterocycles. The van der Waals surface area contributed by atoms with Crippen molar-refractivity contribution in [3.63, 3.8) is 0 Å². The maximum atomic E-state index is 12.4. The number of nitrogens with one attached hydrogen (secondary N) is 1. The van der Waals surface area contributed by atoms with Crippen molar-refractivity contribution in [3.8, 4) is 0 Å². The van der Waals surface area contributed by atoms with E-state index >= 15 is 0 Å². The van der Waals surface area contributed by atoms with Gasteiger partial charge in [-0.1, -0.05) is 42.1 Å². The fourth-order valence-electron chi connectivity index (χ4n) is 2.56. The highest BCUT2D eigenvalue weighted by Gasteiger charge is 2.18. The Balaban J connectivity index is 1.63. The fourth-order valence-corrected chi connectivity index (χ4v) is 3.40. The van der Waals surface area contributed by atoms with E-state index in [0.717, 1.165) is 16.7 Å². The van der Waals surface area contributed by atoms with Crippen LogP contribution in [0.1, 0.15) is 36.7 Å². The van der Waals surface area contributed by atoms with Gasteiger partial charge in [-0.15, -0.1) is 0 Å². The largest absolute Gasteiger partial charge is 0.452 e. The summed E-state index contributed by atoms with van der Waals surface area (Å²) in [5.41, 5.74) is 2.35. The molecule has 0 saturated heterocycles. The number of thioether (sulfide) groups is 1. The molecule has 3 rings (SSSR count). The highest BCUT2D eigenvalue weighted by molar-refractivity contribution is 7.98. The van der Waals surface area contributed by atoms with Crippen LogP contribution in [0.4, 0.5) is 0 Å². The van der Waals surface area contributed by atoms with Crippen LogP contribution < -0.4 is 5.32 Å². The standard InChI is InChI=1S/C21H22N2O4S/c1-21(2,3)23-18(24)12-26-19(25)15-9-5-4-8-14(15)13-28-20-22-16-10-6-7-11-17(16)27-20/h4-11H,12-13H2,1-3H3,(H,23,24). The van der Waals surface area contributed by atoms with Gasteiger partial charge in [-0.2, -0.15) is 0 Å². The third-order valence-corrected chi connectivity index (χ3v) is 4.59. The normalized spacial score (nSPS) is 11.4. The molecule has 0 bridgehead atoms. The molecular formula is C21H22N2O4S. The Hall–Kier alpha value is -2.80. The maximum absolute atomic E-state index is 12.4. The van der Waals surface area contributed by atoms with Gasteiger partial charge < -0.3 is 14.5 Å². The lowest BCUT2D eigenvalue weighted by molar-refractivity contribution is -0.125. The first-order chi connectivity index (χ1) is 13.3. The molecule has 0 atom stereocenters. The van der Waals surface area contributed by atoms with Crippen LogP contribution in [0.2, 0.25) is 0 Å². The van der Waals surface area contributed by atoms with Crippen molar-refractivity contribution in [2.75, 3.05) is 6.61 Å². The van der Waals surface area contributed by atoms with Gasteiger partial charge in [0.05, 0.1) is 5.56 Å². The smallest absolute Gasteiger partial charge is 0.338 e. The third kappa shape index (κ3) is 5.36. The van der Waals surface area contributed by atoms with Gasteiger partial charge in [0.1, 0.15) is 5.52 Å². The minimum Gasteiger partial charge on any atom is -0.452 e. The second kappa shape index (κ2) is 8.48. The summed E-state index contributed by atoms with van der Waals surface area (Å²) in [6.07, 6.45) is 0. The van der Waals surface area contributed by atoms with Gasteiger partial charge in [-0.25, -0.2) is 9.78 Å². The molecule has 146 valence electrons. The van der Waals surface area contributed by atoms with E-state index in [4.69, 9.17) is 9.15 Å². The Morgan fingerprint density at radius 2 is 1.82 bits per heavy atom. The molecular weight excluding hydrogens is 376 g/mol. The van der Waals surface area contributed by atoms with Crippen molar-refractivity contribution >= 4 is 34.7 Å². The zero-order valence-electron chi connectivity index (χ0n) is 16.0. The minimum atomic E-state index is -0.530. The topological polar surface area (TPSA) is 81.4 Å². The number of amides is 1. The van der Waals surface area contributed by atoms with Gasteiger partial charge in [-0.3, -0.25) is 4.79 Å². The predicted molar refractivity (Wildman–Crippen MR) is 108 cm³/mol. The van der Waals surface area contributed by atoms with Gasteiger partial charge in [0.25, 0.3) is 11.1 Å². The number of fused-ring (bicyclic) bond motifs is 1. The average molecular weight is 398 g/mol. The lowest BCUT2D eigenvalue weighted by Crippen LogP contribution is -2.42. The Labute approximate surface area is 167 Å². The molecule has 0 fully saturated rings. The molecule has 0 aliphatic carbocycles. The third-order valence-electron chi connectivity index (χ3n) is 3.71. The molecule has 0 unspecified atom stereocenters. The summed E-state index contributed by atoms with van der Waals surface area (Å²) in [6.45, 7) is 5.28. The van der Waals surface area contributed by atoms with Crippen LogP contribution >= 0.6 is 11.8 Å². The van der Waals surface area contributed by atoms with Gasteiger partial charge in [-0.05, 0) is 44.5 Å². The number of para-hydroxylation sites is 2. The summed E-state index contributed by atoms with van der Waals surface area (Å²) >= 11 is 1.40. The molecule has 6 nitrogen and oxygen atoms in total. The Morgan fingerprint density at radius 1 is 1.11 bits per heavy atom. The lowest BCUT2D eigenvalue weighted by atomic mass is 10.1. The van der Waals surface area contributed by atoms with Crippen molar-refractivity contribution in [2.45, 2.75) is 37.3 Å². The van der Waals surface area contributed by atoms with Crippen LogP contribution in [0.15, 0.2) is 58.2 Å². The molecule has 0 aliphatic rings. The van der Waals surface area contributed by atoms with E-state index in [0.29, 0.717) is 16.5 Å². The van der Waals surface area contributed by atoms with E-state index in [-0.39, 0.29) is 18.1 Å². The molecule has 28 heavy (non-hydrogen) atoms. The van der Waals surface area contributed by atoms with Crippen LogP contribution in [-0.4, -0.2) is 29.0 Å². The first kappa shape index (κ1) is 19.9. The quantitative estimate of drug-likeness (QED) is 0.495. The molecule has 1 amide bonds. The molecule has 2 aromatic carbocycles. The van der Waals surface area contributed by atoms with Gasteiger partial charge in [0.15, 0.2) is 12.2 Å². The van der Waals surface area contributed by atoms with Crippen LogP contribution in [0.3, 0.4) is 0 Å². The van der Waals surface area contributed by atoms with Crippen LogP contribution in [-0.2, 0) is 15.3 Å². The number of ether oxygens (including phenoxy) is 1. The molecule has 0 spiro atoms. The molecule has 1 N–H and O–H groups in total. The number of esters is 1. The number of carbonyl (C=O) groups excluding carboxylic acids is 2. The molecule has 0 aliphatic heterocycles. The first-order valence-electron chi connectivity index (χ1n) is 8.86. The Kier molecular flexibility index (Phi) is 6.04. The summed E-state index contributed by atoms with van der Waals surface area (Å²) in [5.74, 6) is -0.372. The number of nitrogens with zero attached hydrogens (tertiary/aromatic N) is 1. The van der Waals surface area contributed by atoms with E-state index in [1.54, 1.807) is 12.1 Å². The van der Waals surface area contributed by atoms with E-state index in [9.17, 15) is 9.59 Å². The zero-order valence-corrected chi connectivity index (χ0v) is 16.8. The van der Waals surface area contributed by atoms with Crippen molar-refractivity contribution in [3.05, 3.63) is 59.7 Å². The predicted octanol–water partition coefficient (Wildman–Crippen LogP) is 4.19. The molecule has 1 heterocycles. The van der Waals surface area contributed by atoms with E-state index in [2.05, 4.69) is 10.3 Å². The monoisotopic (exact) mass is 398 g/mol. The van der Waals surface area contributed by atoms with E-state index in [1.165, 1.54) is 11.8 Å². The lowest BCUT2D eigenvalue weighted by Gasteiger charge is -2.20. The Morgan fingerprint density at radius 3 is 2.57 bits per heavy atom. The van der Waals surface area contributed by atoms with Crippen molar-refractivity contribution in [1.82, 2.24) is 10.3 Å². The number of aromatic nitrogens is 1. The molecule has 7 heteroatoms. The van der Waals surface area contributed by atoms with Crippen molar-refractivity contribution < 1.29 is 18.7 Å². The van der Waals surface area contributed by atoms with Crippen LogP contribution in [0.25, 0.3) is 11.1 Å². The highest BCUT2D eigenvalue weighted by atomic mass is 32.2. The van der Waals surface area contributed by atoms with E-state index < -0.39 is 5.97 Å². The summed E-state index contributed by atoms with van der Waals surface area (Å²) in [6, 6.07) is 14.7. The number of oxazole rings is 1. The minimum absolute atomic E-state index is 0.317. The summed E-state index contributed by atoms with van der Waals surface area (Å²) in [7, 11) is 0.